The van der Waals surface area contributed by atoms with E-state index in [1.165, 1.54) is 78.0 Å². The van der Waals surface area contributed by atoms with Crippen molar-refractivity contribution in [3.8, 4) is 51.6 Å². The van der Waals surface area contributed by atoms with Gasteiger partial charge in [0.1, 0.15) is 15.2 Å². The van der Waals surface area contributed by atoms with Crippen molar-refractivity contribution in [2.75, 3.05) is 42.3 Å². The molecular weight excluding hydrogens is 709 g/mol. The molecule has 5 aromatic rings. The van der Waals surface area contributed by atoms with Gasteiger partial charge in [-0.15, -0.1) is 0 Å². The zero-order valence-electron chi connectivity index (χ0n) is 28.6. The molecule has 14 nitrogen and oxygen atoms in total. The van der Waals surface area contributed by atoms with Crippen LogP contribution in [0.5, 0.6) is 40.2 Å². The van der Waals surface area contributed by atoms with Crippen LogP contribution in [0.3, 0.4) is 0 Å². The minimum absolute atomic E-state index is 0.0275. The number of rotatable bonds is 14. The second kappa shape index (κ2) is 14.8. The molecule has 0 unspecified atom stereocenters. The zero-order chi connectivity index (χ0) is 37.1. The Morgan fingerprint density at radius 3 is 1.65 bits per heavy atom. The standard InChI is InChI=1S/C35H34O14S2/c1-20-8-13-23(14-9-20)50(37,38)48-25-17-12-22(18-26(25)42-4)29-32(49-51(39,40)24-15-10-21(2)11-16-24)28(36)27-30(43-5)35(46-19-41-3)34(45-7)33(44-6)31(27)47-29/h8-18H,19H2,1-7H3. The van der Waals surface area contributed by atoms with Gasteiger partial charge in [-0.2, -0.15) is 16.8 Å². The summed E-state index contributed by atoms with van der Waals surface area (Å²) in [5.41, 5.74) is 0.439. The van der Waals surface area contributed by atoms with E-state index in [0.29, 0.717) is 0 Å². The van der Waals surface area contributed by atoms with Crippen LogP contribution in [0, 0.1) is 13.8 Å². The molecule has 0 aliphatic rings. The maximum Gasteiger partial charge on any atom is 0.339 e. The summed E-state index contributed by atoms with van der Waals surface area (Å²) in [7, 11) is -2.44. The van der Waals surface area contributed by atoms with E-state index >= 15 is 0 Å². The Kier molecular flexibility index (Phi) is 10.7. The third kappa shape index (κ3) is 7.24. The molecule has 4 aromatic carbocycles. The lowest BCUT2D eigenvalue weighted by molar-refractivity contribution is 0.0470. The van der Waals surface area contributed by atoms with E-state index in [1.807, 2.05) is 6.92 Å². The minimum Gasteiger partial charge on any atom is -0.493 e. The van der Waals surface area contributed by atoms with Crippen LogP contribution in [0.15, 0.2) is 85.7 Å². The first-order valence-corrected chi connectivity index (χ1v) is 17.8. The molecule has 0 saturated heterocycles. The molecule has 1 heterocycles. The number of hydrogen-bond donors (Lipinski definition) is 0. The highest BCUT2D eigenvalue weighted by molar-refractivity contribution is 7.87. The van der Waals surface area contributed by atoms with Gasteiger partial charge in [0, 0.05) is 12.7 Å². The number of methoxy groups -OCH3 is 5. The van der Waals surface area contributed by atoms with Crippen molar-refractivity contribution in [1.82, 2.24) is 0 Å². The van der Waals surface area contributed by atoms with Gasteiger partial charge in [-0.05, 0) is 56.3 Å². The Morgan fingerprint density at radius 1 is 0.588 bits per heavy atom. The quantitative estimate of drug-likeness (QED) is 0.101. The first kappa shape index (κ1) is 36.8. The number of benzene rings is 4. The Balaban J connectivity index is 1.79. The minimum atomic E-state index is -4.65. The molecular formula is C35H34O14S2. The SMILES string of the molecule is COCOc1c(OC)c(OC)c2oc(-c3ccc(OS(=O)(=O)c4ccc(C)cc4)c(OC)c3)c(OS(=O)(=O)c3ccc(C)cc3)c(=O)c2c1OC. The molecule has 1 aromatic heterocycles. The van der Waals surface area contributed by atoms with Gasteiger partial charge in [0.25, 0.3) is 0 Å². The van der Waals surface area contributed by atoms with Crippen LogP contribution < -0.4 is 37.5 Å². The van der Waals surface area contributed by atoms with Gasteiger partial charge in [-0.1, -0.05) is 35.4 Å². The molecule has 0 radical (unpaired) electrons. The summed E-state index contributed by atoms with van der Waals surface area (Å²) in [6.45, 7) is 3.30. The predicted octanol–water partition coefficient (Wildman–Crippen LogP) is 5.63. The molecule has 51 heavy (non-hydrogen) atoms. The van der Waals surface area contributed by atoms with Crippen LogP contribution in [0.1, 0.15) is 11.1 Å². The smallest absolute Gasteiger partial charge is 0.339 e. The summed E-state index contributed by atoms with van der Waals surface area (Å²) in [6.07, 6.45) is 0. The fraction of sp³-hybridized carbons (Fsp3) is 0.229. The number of ether oxygens (including phenoxy) is 6. The summed E-state index contributed by atoms with van der Waals surface area (Å²) in [6, 6.07) is 15.7. The molecule has 0 N–H and O–H groups in total. The molecule has 0 amide bonds. The third-order valence-corrected chi connectivity index (χ3v) is 9.98. The van der Waals surface area contributed by atoms with E-state index in [9.17, 15) is 21.6 Å². The van der Waals surface area contributed by atoms with E-state index in [-0.39, 0.29) is 67.6 Å². The summed E-state index contributed by atoms with van der Waals surface area (Å²) in [4.78, 5) is 14.2. The Labute approximate surface area is 294 Å². The third-order valence-electron chi connectivity index (χ3n) is 7.49. The molecule has 0 bridgehead atoms. The maximum atomic E-state index is 14.5. The van der Waals surface area contributed by atoms with Crippen molar-refractivity contribution in [2.24, 2.45) is 0 Å². The molecule has 270 valence electrons. The summed E-state index contributed by atoms with van der Waals surface area (Å²) < 4.78 is 104. The van der Waals surface area contributed by atoms with Crippen LogP contribution in [-0.2, 0) is 25.0 Å². The topological polar surface area (TPSA) is 172 Å². The van der Waals surface area contributed by atoms with Gasteiger partial charge < -0.3 is 41.2 Å². The van der Waals surface area contributed by atoms with E-state index < -0.39 is 37.2 Å². The predicted molar refractivity (Wildman–Crippen MR) is 185 cm³/mol. The largest absolute Gasteiger partial charge is 0.493 e. The number of aryl methyl sites for hydroxylation is 2. The fourth-order valence-corrected chi connectivity index (χ4v) is 6.88. The van der Waals surface area contributed by atoms with Gasteiger partial charge in [-0.25, -0.2) is 0 Å². The van der Waals surface area contributed by atoms with Crippen molar-refractivity contribution >= 4 is 31.2 Å². The van der Waals surface area contributed by atoms with Gasteiger partial charge in [0.15, 0.2) is 35.4 Å². The van der Waals surface area contributed by atoms with Crippen molar-refractivity contribution in [3.05, 3.63) is 88.1 Å². The Morgan fingerprint density at radius 2 is 1.14 bits per heavy atom. The van der Waals surface area contributed by atoms with E-state index in [1.54, 1.807) is 31.2 Å². The van der Waals surface area contributed by atoms with Gasteiger partial charge in [0.05, 0.1) is 28.4 Å². The summed E-state index contributed by atoms with van der Waals surface area (Å²) in [5, 5.41) is -0.310. The number of fused-ring (bicyclic) bond motifs is 1. The summed E-state index contributed by atoms with van der Waals surface area (Å²) in [5.74, 6) is -1.92. The Bertz CT molecular complexity index is 2350. The zero-order valence-corrected chi connectivity index (χ0v) is 30.2. The Hall–Kier alpha value is -5.45. The first-order chi connectivity index (χ1) is 24.3. The van der Waals surface area contributed by atoms with E-state index in [4.69, 9.17) is 41.2 Å². The van der Waals surface area contributed by atoms with E-state index in [0.717, 1.165) is 11.1 Å². The van der Waals surface area contributed by atoms with Crippen LogP contribution in [0.4, 0.5) is 0 Å². The first-order valence-electron chi connectivity index (χ1n) is 14.9. The maximum absolute atomic E-state index is 14.5. The lowest BCUT2D eigenvalue weighted by Gasteiger charge is -2.20. The van der Waals surface area contributed by atoms with Crippen LogP contribution in [-0.4, -0.2) is 59.2 Å². The van der Waals surface area contributed by atoms with Crippen LogP contribution in [0.2, 0.25) is 0 Å². The average Bonchev–Trinajstić information content (AvgIpc) is 3.11. The molecule has 0 saturated carbocycles. The van der Waals surface area contributed by atoms with Crippen molar-refractivity contribution in [3.63, 3.8) is 0 Å². The fourth-order valence-electron chi connectivity index (χ4n) is 5.00. The molecule has 0 atom stereocenters. The van der Waals surface area contributed by atoms with Crippen molar-refractivity contribution < 1.29 is 58.0 Å². The highest BCUT2D eigenvalue weighted by Gasteiger charge is 2.33. The highest BCUT2D eigenvalue weighted by Crippen LogP contribution is 2.52. The summed E-state index contributed by atoms with van der Waals surface area (Å²) >= 11 is 0. The molecule has 5 rings (SSSR count). The van der Waals surface area contributed by atoms with Gasteiger partial charge >= 0.3 is 20.2 Å². The lowest BCUT2D eigenvalue weighted by Crippen LogP contribution is -2.18. The van der Waals surface area contributed by atoms with Crippen LogP contribution in [0.25, 0.3) is 22.3 Å². The van der Waals surface area contributed by atoms with Crippen molar-refractivity contribution in [1.29, 1.82) is 0 Å². The monoisotopic (exact) mass is 742 g/mol. The number of hydrogen-bond acceptors (Lipinski definition) is 14. The van der Waals surface area contributed by atoms with Crippen LogP contribution >= 0.6 is 0 Å². The van der Waals surface area contributed by atoms with Gasteiger partial charge in [-0.3, -0.25) is 4.79 Å². The molecule has 0 fully saturated rings. The molecule has 0 spiro atoms. The molecule has 16 heteroatoms. The highest BCUT2D eigenvalue weighted by atomic mass is 32.2. The molecule has 0 aliphatic carbocycles. The molecule has 0 aliphatic heterocycles. The average molecular weight is 743 g/mol. The van der Waals surface area contributed by atoms with Crippen molar-refractivity contribution in [2.45, 2.75) is 23.6 Å². The lowest BCUT2D eigenvalue weighted by atomic mass is 10.1. The second-order valence-corrected chi connectivity index (χ2v) is 13.9. The normalized spacial score (nSPS) is 11.6. The van der Waals surface area contributed by atoms with E-state index in [2.05, 4.69) is 0 Å². The second-order valence-electron chi connectivity index (χ2n) is 10.8. The van der Waals surface area contributed by atoms with Gasteiger partial charge in [0.2, 0.25) is 28.4 Å².